The second-order valence-corrected chi connectivity index (χ2v) is 5.16. The SMILES string of the molecule is Cc1cccc(C2(C)Cc3ccccc3C2=O)n1. The molecule has 1 unspecified atom stereocenters. The van der Waals surface area contributed by atoms with Crippen LogP contribution < -0.4 is 0 Å². The van der Waals surface area contributed by atoms with Gasteiger partial charge in [0.2, 0.25) is 0 Å². The van der Waals surface area contributed by atoms with Crippen LogP contribution in [0.1, 0.15) is 34.2 Å². The van der Waals surface area contributed by atoms with Crippen molar-refractivity contribution < 1.29 is 4.79 Å². The highest BCUT2D eigenvalue weighted by molar-refractivity contribution is 6.07. The monoisotopic (exact) mass is 237 g/mol. The molecule has 0 radical (unpaired) electrons. The van der Waals surface area contributed by atoms with E-state index in [1.165, 1.54) is 0 Å². The molecular formula is C16H15NO. The molecule has 1 aliphatic rings. The van der Waals surface area contributed by atoms with Gasteiger partial charge in [-0.1, -0.05) is 30.3 Å². The van der Waals surface area contributed by atoms with Crippen molar-refractivity contribution in [3.8, 4) is 0 Å². The molecule has 3 rings (SSSR count). The number of fused-ring (bicyclic) bond motifs is 1. The maximum atomic E-state index is 12.6. The summed E-state index contributed by atoms with van der Waals surface area (Å²) in [5.41, 5.74) is 3.31. The molecule has 0 spiro atoms. The number of hydrogen-bond donors (Lipinski definition) is 0. The average Bonchev–Trinajstić information content (AvgIpc) is 2.64. The highest BCUT2D eigenvalue weighted by Gasteiger charge is 2.43. The van der Waals surface area contributed by atoms with Crippen LogP contribution in [0.4, 0.5) is 0 Å². The molecule has 1 aromatic carbocycles. The minimum atomic E-state index is -0.504. The third kappa shape index (κ3) is 1.49. The summed E-state index contributed by atoms with van der Waals surface area (Å²) in [5, 5.41) is 0. The summed E-state index contributed by atoms with van der Waals surface area (Å²) in [5.74, 6) is 0.191. The van der Waals surface area contributed by atoms with E-state index in [-0.39, 0.29) is 5.78 Å². The molecule has 0 bridgehead atoms. The van der Waals surface area contributed by atoms with Crippen molar-refractivity contribution in [2.24, 2.45) is 0 Å². The van der Waals surface area contributed by atoms with Crippen LogP contribution >= 0.6 is 0 Å². The Bertz CT molecular complexity index is 632. The number of nitrogens with zero attached hydrogens (tertiary/aromatic N) is 1. The van der Waals surface area contributed by atoms with E-state index in [9.17, 15) is 4.79 Å². The van der Waals surface area contributed by atoms with E-state index in [1.807, 2.05) is 56.3 Å². The molecule has 0 amide bonds. The van der Waals surface area contributed by atoms with Gasteiger partial charge in [0, 0.05) is 11.3 Å². The van der Waals surface area contributed by atoms with Gasteiger partial charge in [-0.25, -0.2) is 0 Å². The van der Waals surface area contributed by atoms with Crippen LogP contribution in [0.25, 0.3) is 0 Å². The van der Waals surface area contributed by atoms with Crippen LogP contribution in [-0.4, -0.2) is 10.8 Å². The zero-order valence-electron chi connectivity index (χ0n) is 10.6. The number of hydrogen-bond acceptors (Lipinski definition) is 2. The second-order valence-electron chi connectivity index (χ2n) is 5.16. The summed E-state index contributed by atoms with van der Waals surface area (Å²) in [6, 6.07) is 13.7. The quantitative estimate of drug-likeness (QED) is 0.763. The van der Waals surface area contributed by atoms with Crippen molar-refractivity contribution in [1.82, 2.24) is 4.98 Å². The van der Waals surface area contributed by atoms with E-state index >= 15 is 0 Å². The molecule has 0 saturated carbocycles. The fourth-order valence-corrected chi connectivity index (χ4v) is 2.71. The van der Waals surface area contributed by atoms with Gasteiger partial charge in [-0.05, 0) is 38.0 Å². The number of pyridine rings is 1. The number of ketones is 1. The van der Waals surface area contributed by atoms with Crippen molar-refractivity contribution in [3.05, 3.63) is 65.0 Å². The summed E-state index contributed by atoms with van der Waals surface area (Å²) >= 11 is 0. The van der Waals surface area contributed by atoms with Gasteiger partial charge >= 0.3 is 0 Å². The van der Waals surface area contributed by atoms with E-state index in [0.717, 1.165) is 28.9 Å². The highest BCUT2D eigenvalue weighted by Crippen LogP contribution is 2.38. The largest absolute Gasteiger partial charge is 0.293 e. The Morgan fingerprint density at radius 1 is 1.11 bits per heavy atom. The predicted octanol–water partition coefficient (Wildman–Crippen LogP) is 3.09. The Kier molecular flexibility index (Phi) is 2.34. The van der Waals surface area contributed by atoms with Crippen molar-refractivity contribution >= 4 is 5.78 Å². The number of rotatable bonds is 1. The maximum Gasteiger partial charge on any atom is 0.175 e. The van der Waals surface area contributed by atoms with Crippen LogP contribution in [0.15, 0.2) is 42.5 Å². The van der Waals surface area contributed by atoms with Crippen molar-refractivity contribution in [2.45, 2.75) is 25.7 Å². The van der Waals surface area contributed by atoms with E-state index in [4.69, 9.17) is 0 Å². The van der Waals surface area contributed by atoms with Gasteiger partial charge in [-0.3, -0.25) is 9.78 Å². The van der Waals surface area contributed by atoms with Gasteiger partial charge in [0.25, 0.3) is 0 Å². The van der Waals surface area contributed by atoms with E-state index < -0.39 is 5.41 Å². The minimum Gasteiger partial charge on any atom is -0.293 e. The Morgan fingerprint density at radius 2 is 1.89 bits per heavy atom. The summed E-state index contributed by atoms with van der Waals surface area (Å²) in [6.07, 6.45) is 0.748. The van der Waals surface area contributed by atoms with Gasteiger partial charge in [0.05, 0.1) is 11.1 Å². The molecule has 0 saturated heterocycles. The molecule has 2 aromatic rings. The smallest absolute Gasteiger partial charge is 0.175 e. The van der Waals surface area contributed by atoms with Crippen LogP contribution in [0, 0.1) is 6.92 Å². The Hall–Kier alpha value is -1.96. The summed E-state index contributed by atoms with van der Waals surface area (Å²) in [6.45, 7) is 3.95. The predicted molar refractivity (Wildman–Crippen MR) is 70.8 cm³/mol. The van der Waals surface area contributed by atoms with Crippen LogP contribution in [0.3, 0.4) is 0 Å². The third-order valence-electron chi connectivity index (χ3n) is 3.76. The molecule has 1 heterocycles. The first-order valence-corrected chi connectivity index (χ1v) is 6.18. The number of aromatic nitrogens is 1. The minimum absolute atomic E-state index is 0.191. The van der Waals surface area contributed by atoms with Crippen molar-refractivity contribution in [3.63, 3.8) is 0 Å². The van der Waals surface area contributed by atoms with Gasteiger partial charge in [-0.2, -0.15) is 0 Å². The molecule has 1 aromatic heterocycles. The second kappa shape index (κ2) is 3.77. The summed E-state index contributed by atoms with van der Waals surface area (Å²) in [4.78, 5) is 17.1. The number of benzene rings is 1. The van der Waals surface area contributed by atoms with Gasteiger partial charge < -0.3 is 0 Å². The highest BCUT2D eigenvalue weighted by atomic mass is 16.1. The number of carbonyl (C=O) groups is 1. The van der Waals surface area contributed by atoms with E-state index in [2.05, 4.69) is 4.98 Å². The third-order valence-corrected chi connectivity index (χ3v) is 3.76. The Balaban J connectivity index is 2.12. The van der Waals surface area contributed by atoms with Crippen LogP contribution in [0.5, 0.6) is 0 Å². The standard InChI is InChI=1S/C16H15NO/c1-11-6-5-9-14(17-11)16(2)10-12-7-3-4-8-13(12)15(16)18/h3-9H,10H2,1-2H3. The van der Waals surface area contributed by atoms with Gasteiger partial charge in [0.1, 0.15) is 0 Å². The molecule has 2 nitrogen and oxygen atoms in total. The summed E-state index contributed by atoms with van der Waals surface area (Å²) < 4.78 is 0. The lowest BCUT2D eigenvalue weighted by Crippen LogP contribution is -2.30. The fourth-order valence-electron chi connectivity index (χ4n) is 2.71. The first-order valence-electron chi connectivity index (χ1n) is 6.18. The lowest BCUT2D eigenvalue weighted by atomic mass is 9.82. The van der Waals surface area contributed by atoms with Gasteiger partial charge in [0.15, 0.2) is 5.78 Å². The number of Topliss-reactive ketones (excluding diaryl/α,β-unsaturated/α-hetero) is 1. The average molecular weight is 237 g/mol. The summed E-state index contributed by atoms with van der Waals surface area (Å²) in [7, 11) is 0. The molecule has 1 aliphatic carbocycles. The molecular weight excluding hydrogens is 222 g/mol. The molecule has 18 heavy (non-hydrogen) atoms. The first-order chi connectivity index (χ1) is 8.61. The molecule has 0 aliphatic heterocycles. The fraction of sp³-hybridized carbons (Fsp3) is 0.250. The molecule has 2 heteroatoms. The molecule has 1 atom stereocenters. The number of carbonyl (C=O) groups excluding carboxylic acids is 1. The van der Waals surface area contributed by atoms with Crippen LogP contribution in [-0.2, 0) is 11.8 Å². The van der Waals surface area contributed by atoms with Crippen molar-refractivity contribution in [2.75, 3.05) is 0 Å². The topological polar surface area (TPSA) is 30.0 Å². The van der Waals surface area contributed by atoms with Crippen LogP contribution in [0.2, 0.25) is 0 Å². The normalized spacial score (nSPS) is 22.0. The zero-order chi connectivity index (χ0) is 12.8. The molecule has 0 N–H and O–H groups in total. The lowest BCUT2D eigenvalue weighted by Gasteiger charge is -2.21. The Morgan fingerprint density at radius 3 is 2.61 bits per heavy atom. The zero-order valence-corrected chi connectivity index (χ0v) is 10.6. The number of aryl methyl sites for hydroxylation is 1. The first kappa shape index (κ1) is 11.1. The van der Waals surface area contributed by atoms with Gasteiger partial charge in [-0.15, -0.1) is 0 Å². The lowest BCUT2D eigenvalue weighted by molar-refractivity contribution is 0.0912. The maximum absolute atomic E-state index is 12.6. The van der Waals surface area contributed by atoms with E-state index in [1.54, 1.807) is 0 Å². The molecule has 90 valence electrons. The van der Waals surface area contributed by atoms with E-state index in [0.29, 0.717) is 0 Å². The molecule has 0 fully saturated rings. The van der Waals surface area contributed by atoms with Crippen molar-refractivity contribution in [1.29, 1.82) is 0 Å². The Labute approximate surface area is 107 Å².